The predicted octanol–water partition coefficient (Wildman–Crippen LogP) is 2.42. The molecule has 0 radical (unpaired) electrons. The fraction of sp³-hybridized carbons (Fsp3) is 0.529. The second-order valence-electron chi connectivity index (χ2n) is 6.23. The lowest BCUT2D eigenvalue weighted by molar-refractivity contribution is -0.140. The van der Waals surface area contributed by atoms with Crippen LogP contribution in [0.15, 0.2) is 18.2 Å². The van der Waals surface area contributed by atoms with E-state index in [1.165, 1.54) is 19.2 Å². The van der Waals surface area contributed by atoms with Crippen LogP contribution in [0.25, 0.3) is 0 Å². The number of carbonyl (C=O) groups is 2. The van der Waals surface area contributed by atoms with E-state index in [9.17, 15) is 22.8 Å². The molecule has 6 nitrogen and oxygen atoms in total. The average molecular weight is 410 g/mol. The molecular weight excluding hydrogens is 387 g/mol. The fourth-order valence-electron chi connectivity index (χ4n) is 2.77. The molecule has 27 heavy (non-hydrogen) atoms. The molecule has 1 aliphatic heterocycles. The molecule has 0 spiro atoms. The van der Waals surface area contributed by atoms with Gasteiger partial charge in [-0.25, -0.2) is 0 Å². The molecule has 3 N–H and O–H groups in total. The van der Waals surface area contributed by atoms with Gasteiger partial charge in [-0.2, -0.15) is 13.2 Å². The number of anilines is 1. The number of benzene rings is 1. The Hall–Kier alpha value is -1.84. The fourth-order valence-corrected chi connectivity index (χ4v) is 2.77. The van der Waals surface area contributed by atoms with Gasteiger partial charge in [0.1, 0.15) is 12.1 Å². The van der Waals surface area contributed by atoms with Crippen molar-refractivity contribution >= 4 is 29.9 Å². The second-order valence-corrected chi connectivity index (χ2v) is 6.23. The lowest BCUT2D eigenvalue weighted by atomic mass is 9.91. The molecule has 1 heterocycles. The highest BCUT2D eigenvalue weighted by Crippen LogP contribution is 2.26. The number of ether oxygens (including phenoxy) is 1. The number of nitrogens with one attached hydrogen (secondary N) is 3. The largest absolute Gasteiger partial charge is 0.405 e. The third kappa shape index (κ3) is 6.08. The van der Waals surface area contributed by atoms with Crippen molar-refractivity contribution in [2.45, 2.75) is 31.5 Å². The summed E-state index contributed by atoms with van der Waals surface area (Å²) in [5.74, 6) is -1.20. The van der Waals surface area contributed by atoms with Gasteiger partial charge in [-0.1, -0.05) is 6.07 Å². The number of carbonyl (C=O) groups excluding carboxylic acids is 2. The van der Waals surface area contributed by atoms with Gasteiger partial charge in [0.05, 0.1) is 0 Å². The molecule has 2 amide bonds. The van der Waals surface area contributed by atoms with Crippen LogP contribution in [0, 0.1) is 6.92 Å². The average Bonchev–Trinajstić information content (AvgIpc) is 2.61. The molecule has 1 aliphatic rings. The Morgan fingerprint density at radius 1 is 1.26 bits per heavy atom. The standard InChI is InChI=1S/C17H22F3N3O3.ClH/c1-11-3-4-12(14(24)22-10-17(18,19)20)9-13(11)23-15(25)16(26-2)5-7-21-8-6-16;/h3-4,9,21H,5-8,10H2,1-2H3,(H,22,24)(H,23,25);1H. The van der Waals surface area contributed by atoms with Gasteiger partial charge in [-0.15, -0.1) is 12.4 Å². The molecule has 152 valence electrons. The van der Waals surface area contributed by atoms with E-state index in [0.717, 1.165) is 0 Å². The maximum Gasteiger partial charge on any atom is 0.405 e. The molecule has 0 atom stereocenters. The van der Waals surface area contributed by atoms with Gasteiger partial charge in [0.2, 0.25) is 0 Å². The van der Waals surface area contributed by atoms with Crippen molar-refractivity contribution in [1.82, 2.24) is 10.6 Å². The molecule has 10 heteroatoms. The Morgan fingerprint density at radius 2 is 1.89 bits per heavy atom. The first-order chi connectivity index (χ1) is 12.2. The summed E-state index contributed by atoms with van der Waals surface area (Å²) in [6.07, 6.45) is -3.49. The van der Waals surface area contributed by atoms with E-state index in [1.54, 1.807) is 13.0 Å². The van der Waals surface area contributed by atoms with E-state index in [2.05, 4.69) is 10.6 Å². The monoisotopic (exact) mass is 409 g/mol. The van der Waals surface area contributed by atoms with Gasteiger partial charge in [-0.05, 0) is 50.6 Å². The van der Waals surface area contributed by atoms with Crippen LogP contribution in [0.4, 0.5) is 18.9 Å². The maximum atomic E-state index is 12.7. The summed E-state index contributed by atoms with van der Waals surface area (Å²) in [5, 5.41) is 7.71. The summed E-state index contributed by atoms with van der Waals surface area (Å²) < 4.78 is 42.2. The van der Waals surface area contributed by atoms with Crippen LogP contribution in [0.2, 0.25) is 0 Å². The first kappa shape index (κ1) is 23.2. The van der Waals surface area contributed by atoms with Crippen molar-refractivity contribution in [1.29, 1.82) is 0 Å². The van der Waals surface area contributed by atoms with Crippen molar-refractivity contribution in [2.75, 3.05) is 32.1 Å². The lowest BCUT2D eigenvalue weighted by Crippen LogP contribution is -2.51. The highest BCUT2D eigenvalue weighted by Gasteiger charge is 2.39. The van der Waals surface area contributed by atoms with Gasteiger partial charge >= 0.3 is 6.18 Å². The molecule has 0 aliphatic carbocycles. The zero-order valence-corrected chi connectivity index (χ0v) is 15.9. The van der Waals surface area contributed by atoms with Crippen molar-refractivity contribution in [3.05, 3.63) is 29.3 Å². The number of hydrogen-bond acceptors (Lipinski definition) is 4. The van der Waals surface area contributed by atoms with Gasteiger partial charge in [0, 0.05) is 18.4 Å². The molecule has 0 saturated carbocycles. The minimum Gasteiger partial charge on any atom is -0.368 e. The normalized spacial score (nSPS) is 16.2. The molecule has 1 fully saturated rings. The molecule has 2 rings (SSSR count). The van der Waals surface area contributed by atoms with Crippen LogP contribution in [-0.4, -0.2) is 50.3 Å². The number of aryl methyl sites for hydroxylation is 1. The Bertz CT molecular complexity index is 677. The summed E-state index contributed by atoms with van der Waals surface area (Å²) >= 11 is 0. The Balaban J connectivity index is 0.00000364. The first-order valence-electron chi connectivity index (χ1n) is 8.20. The van der Waals surface area contributed by atoms with Crippen molar-refractivity contribution in [2.24, 2.45) is 0 Å². The first-order valence-corrected chi connectivity index (χ1v) is 8.20. The highest BCUT2D eigenvalue weighted by atomic mass is 35.5. The maximum absolute atomic E-state index is 12.7. The number of rotatable bonds is 5. The van der Waals surface area contributed by atoms with Crippen LogP contribution < -0.4 is 16.0 Å². The van der Waals surface area contributed by atoms with Gasteiger partial charge < -0.3 is 20.7 Å². The molecule has 0 unspecified atom stereocenters. The molecule has 0 aromatic heterocycles. The summed E-state index contributed by atoms with van der Waals surface area (Å²) in [7, 11) is 1.47. The Morgan fingerprint density at radius 3 is 2.44 bits per heavy atom. The molecule has 1 saturated heterocycles. The number of piperidine rings is 1. The second kappa shape index (κ2) is 9.38. The summed E-state index contributed by atoms with van der Waals surface area (Å²) in [6, 6.07) is 4.34. The zero-order valence-electron chi connectivity index (χ0n) is 15.0. The SMILES string of the molecule is COC1(C(=O)Nc2cc(C(=O)NCC(F)(F)F)ccc2C)CCNCC1.Cl. The topological polar surface area (TPSA) is 79.5 Å². The van der Waals surface area contributed by atoms with Crippen molar-refractivity contribution in [3.63, 3.8) is 0 Å². The highest BCUT2D eigenvalue weighted by molar-refractivity contribution is 6.00. The zero-order chi connectivity index (χ0) is 19.4. The quantitative estimate of drug-likeness (QED) is 0.697. The van der Waals surface area contributed by atoms with E-state index in [4.69, 9.17) is 4.74 Å². The van der Waals surface area contributed by atoms with Crippen LogP contribution in [0.3, 0.4) is 0 Å². The number of amides is 2. The number of halogens is 4. The smallest absolute Gasteiger partial charge is 0.368 e. The van der Waals surface area contributed by atoms with Crippen LogP contribution in [0.1, 0.15) is 28.8 Å². The van der Waals surface area contributed by atoms with Gasteiger partial charge in [0.25, 0.3) is 11.8 Å². The molecule has 0 bridgehead atoms. The van der Waals surface area contributed by atoms with Gasteiger partial charge in [0.15, 0.2) is 0 Å². The van der Waals surface area contributed by atoms with E-state index in [0.29, 0.717) is 37.2 Å². The predicted molar refractivity (Wildman–Crippen MR) is 97.3 cm³/mol. The van der Waals surface area contributed by atoms with Crippen molar-refractivity contribution < 1.29 is 27.5 Å². The van der Waals surface area contributed by atoms with Crippen LogP contribution in [0.5, 0.6) is 0 Å². The third-order valence-corrected chi connectivity index (χ3v) is 4.41. The number of alkyl halides is 3. The van der Waals surface area contributed by atoms with E-state index >= 15 is 0 Å². The Kier molecular flexibility index (Phi) is 8.06. The third-order valence-electron chi connectivity index (χ3n) is 4.41. The molecule has 1 aromatic carbocycles. The lowest BCUT2D eigenvalue weighted by Gasteiger charge is -2.34. The summed E-state index contributed by atoms with van der Waals surface area (Å²) in [5.41, 5.74) is 0.120. The van der Waals surface area contributed by atoms with E-state index in [1.807, 2.05) is 5.32 Å². The minimum absolute atomic E-state index is 0. The summed E-state index contributed by atoms with van der Waals surface area (Å²) in [4.78, 5) is 24.6. The minimum atomic E-state index is -4.49. The number of methoxy groups -OCH3 is 1. The van der Waals surface area contributed by atoms with E-state index in [-0.39, 0.29) is 23.9 Å². The molecular formula is C17H23ClF3N3O3. The van der Waals surface area contributed by atoms with Crippen LogP contribution >= 0.6 is 12.4 Å². The Labute approximate surface area is 161 Å². The van der Waals surface area contributed by atoms with Crippen LogP contribution in [-0.2, 0) is 9.53 Å². The number of hydrogen-bond donors (Lipinski definition) is 3. The van der Waals surface area contributed by atoms with Crippen molar-refractivity contribution in [3.8, 4) is 0 Å². The summed E-state index contributed by atoms with van der Waals surface area (Å²) in [6.45, 7) is 1.59. The van der Waals surface area contributed by atoms with Gasteiger partial charge in [-0.3, -0.25) is 9.59 Å². The van der Waals surface area contributed by atoms with E-state index < -0.39 is 24.2 Å². The molecule has 1 aromatic rings.